The Bertz CT molecular complexity index is 1340. The molecule has 7 nitrogen and oxygen atoms in total. The second-order valence-electron chi connectivity index (χ2n) is 15.3. The first kappa shape index (κ1) is 47.2. The summed E-state index contributed by atoms with van der Waals surface area (Å²) in [6, 6.07) is 9.03. The molecule has 0 aliphatic heterocycles. The first-order valence-electron chi connectivity index (χ1n) is 21.4. The number of hydrogen-bond donors (Lipinski definition) is 2. The normalized spacial score (nSPS) is 12.1. The number of unbranched alkanes of at least 4 members (excludes halogenated alkanes) is 26. The van der Waals surface area contributed by atoms with Crippen LogP contribution in [0.2, 0.25) is 0 Å². The quantitative estimate of drug-likeness (QED) is 0.0536. The lowest BCUT2D eigenvalue weighted by molar-refractivity contribution is 0.473. The summed E-state index contributed by atoms with van der Waals surface area (Å²) >= 11 is 0. The Morgan fingerprint density at radius 2 is 0.642 bits per heavy atom. The van der Waals surface area contributed by atoms with E-state index in [0.717, 1.165) is 38.5 Å². The molecule has 0 saturated heterocycles. The van der Waals surface area contributed by atoms with Crippen molar-refractivity contribution in [2.24, 2.45) is 0 Å². The molecule has 0 heterocycles. The van der Waals surface area contributed by atoms with Crippen LogP contribution in [0.3, 0.4) is 0 Å². The van der Waals surface area contributed by atoms with Gasteiger partial charge in [0.15, 0.2) is 0 Å². The number of benzene rings is 2. The lowest BCUT2D eigenvalue weighted by Crippen LogP contribution is -2.05. The van der Waals surface area contributed by atoms with Gasteiger partial charge in [-0.1, -0.05) is 181 Å². The van der Waals surface area contributed by atoms with Crippen molar-refractivity contribution in [3.8, 4) is 11.5 Å². The van der Waals surface area contributed by atoms with Crippen LogP contribution < -0.4 is 4.74 Å². The fourth-order valence-electron chi connectivity index (χ4n) is 7.29. The molecule has 0 bridgehead atoms. The summed E-state index contributed by atoms with van der Waals surface area (Å²) in [5.74, 6) is 0.805. The lowest BCUT2D eigenvalue weighted by Gasteiger charge is -2.13. The van der Waals surface area contributed by atoms with Gasteiger partial charge in [-0.25, -0.2) is 0 Å². The Hall–Kier alpha value is -1.94. The average Bonchev–Trinajstić information content (AvgIpc) is 3.11. The Labute approximate surface area is 325 Å². The van der Waals surface area contributed by atoms with E-state index in [4.69, 9.17) is 4.74 Å². The number of aryl methyl sites for hydroxylation is 2. The van der Waals surface area contributed by atoms with Gasteiger partial charge in [0.05, 0.1) is 9.79 Å². The van der Waals surface area contributed by atoms with Gasteiger partial charge >= 0.3 is 0 Å². The van der Waals surface area contributed by atoms with Crippen molar-refractivity contribution in [3.05, 3.63) is 47.5 Å². The first-order chi connectivity index (χ1) is 25.6. The third-order valence-electron chi connectivity index (χ3n) is 10.5. The van der Waals surface area contributed by atoms with Crippen molar-refractivity contribution < 1.29 is 30.7 Å². The standard InChI is InChI=1S/C44H74O7S2/c1-3-5-7-9-11-13-15-17-19-21-23-25-27-29-31-39-37-41(33-35-43(39)52(45,46)47)51-42-34-36-44(53(48,49)50)40(38-42)32-30-28-26-24-22-20-18-16-14-12-10-8-6-4-2/h33-38H,3-32H2,1-2H3,(H,45,46,47)(H,48,49,50). The van der Waals surface area contributed by atoms with Crippen molar-refractivity contribution in [1.29, 1.82) is 0 Å². The van der Waals surface area contributed by atoms with Gasteiger partial charge in [0.1, 0.15) is 11.5 Å². The fourth-order valence-corrected chi connectivity index (χ4v) is 8.75. The predicted molar refractivity (Wildman–Crippen MR) is 221 cm³/mol. The minimum Gasteiger partial charge on any atom is -0.457 e. The average molecular weight is 779 g/mol. The van der Waals surface area contributed by atoms with Crippen LogP contribution in [-0.4, -0.2) is 25.9 Å². The monoisotopic (exact) mass is 778 g/mol. The predicted octanol–water partition coefficient (Wildman–Crippen LogP) is 14.0. The van der Waals surface area contributed by atoms with Crippen LogP contribution in [0.25, 0.3) is 0 Å². The van der Waals surface area contributed by atoms with Gasteiger partial charge in [-0.2, -0.15) is 16.8 Å². The zero-order valence-corrected chi connectivity index (χ0v) is 35.1. The molecule has 2 aromatic rings. The highest BCUT2D eigenvalue weighted by Crippen LogP contribution is 2.31. The molecule has 0 spiro atoms. The van der Waals surface area contributed by atoms with E-state index in [0.29, 0.717) is 35.5 Å². The third kappa shape index (κ3) is 22.3. The molecule has 2 aromatic carbocycles. The largest absolute Gasteiger partial charge is 0.457 e. The topological polar surface area (TPSA) is 118 Å². The molecule has 0 amide bonds. The number of hydrogen-bond acceptors (Lipinski definition) is 5. The summed E-state index contributed by atoms with van der Waals surface area (Å²) in [5.41, 5.74) is 1.00. The molecule has 0 saturated carbocycles. The highest BCUT2D eigenvalue weighted by atomic mass is 32.2. The van der Waals surface area contributed by atoms with E-state index in [-0.39, 0.29) is 9.79 Å². The molecule has 0 fully saturated rings. The van der Waals surface area contributed by atoms with E-state index in [9.17, 15) is 25.9 Å². The summed E-state index contributed by atoms with van der Waals surface area (Å²) in [5, 5.41) is 0. The van der Waals surface area contributed by atoms with Crippen LogP contribution in [-0.2, 0) is 33.1 Å². The summed E-state index contributed by atoms with van der Waals surface area (Å²) in [6.45, 7) is 4.50. The van der Waals surface area contributed by atoms with Gasteiger partial charge < -0.3 is 4.74 Å². The Morgan fingerprint density at radius 3 is 0.887 bits per heavy atom. The van der Waals surface area contributed by atoms with E-state index in [1.807, 2.05) is 0 Å². The lowest BCUT2D eigenvalue weighted by atomic mass is 10.0. The van der Waals surface area contributed by atoms with E-state index in [2.05, 4.69) is 13.8 Å². The molecule has 304 valence electrons. The molecular weight excluding hydrogens is 705 g/mol. The summed E-state index contributed by atoms with van der Waals surface area (Å²) in [4.78, 5) is -0.223. The maximum absolute atomic E-state index is 12.2. The molecule has 0 radical (unpaired) electrons. The second-order valence-corrected chi connectivity index (χ2v) is 18.1. The Kier molecular flexibility index (Phi) is 25.4. The molecular formula is C44H74O7S2. The highest BCUT2D eigenvalue weighted by molar-refractivity contribution is 7.86. The third-order valence-corrected chi connectivity index (χ3v) is 12.4. The zero-order valence-electron chi connectivity index (χ0n) is 33.4. The smallest absolute Gasteiger partial charge is 0.294 e. The van der Waals surface area contributed by atoms with Crippen LogP contribution in [0, 0.1) is 0 Å². The van der Waals surface area contributed by atoms with Gasteiger partial charge in [0.25, 0.3) is 20.2 Å². The molecule has 0 aliphatic rings. The van der Waals surface area contributed by atoms with E-state index < -0.39 is 20.2 Å². The van der Waals surface area contributed by atoms with Crippen LogP contribution in [0.15, 0.2) is 46.2 Å². The Balaban J connectivity index is 1.82. The summed E-state index contributed by atoms with van der Waals surface area (Å²) < 4.78 is 74.5. The van der Waals surface area contributed by atoms with Crippen LogP contribution in [0.1, 0.15) is 205 Å². The van der Waals surface area contributed by atoms with Crippen molar-refractivity contribution >= 4 is 20.2 Å². The Morgan fingerprint density at radius 1 is 0.396 bits per heavy atom. The van der Waals surface area contributed by atoms with Crippen LogP contribution in [0.5, 0.6) is 11.5 Å². The van der Waals surface area contributed by atoms with Gasteiger partial charge in [-0.05, 0) is 73.2 Å². The number of rotatable bonds is 34. The minimum absolute atomic E-state index is 0.111. The maximum Gasteiger partial charge on any atom is 0.294 e. The summed E-state index contributed by atoms with van der Waals surface area (Å²) in [7, 11) is -8.80. The molecule has 2 rings (SSSR count). The van der Waals surface area contributed by atoms with Gasteiger partial charge in [-0.3, -0.25) is 9.11 Å². The van der Waals surface area contributed by atoms with Crippen LogP contribution >= 0.6 is 0 Å². The van der Waals surface area contributed by atoms with Gasteiger partial charge in [-0.15, -0.1) is 0 Å². The van der Waals surface area contributed by atoms with Crippen molar-refractivity contribution in [2.75, 3.05) is 0 Å². The zero-order chi connectivity index (χ0) is 38.6. The van der Waals surface area contributed by atoms with Crippen molar-refractivity contribution in [1.82, 2.24) is 0 Å². The highest BCUT2D eigenvalue weighted by Gasteiger charge is 2.19. The van der Waals surface area contributed by atoms with Gasteiger partial charge in [0.2, 0.25) is 0 Å². The fraction of sp³-hybridized carbons (Fsp3) is 0.727. The summed E-state index contributed by atoms with van der Waals surface area (Å²) in [6.07, 6.45) is 35.5. The minimum atomic E-state index is -4.40. The molecule has 53 heavy (non-hydrogen) atoms. The van der Waals surface area contributed by atoms with Crippen molar-refractivity contribution in [3.63, 3.8) is 0 Å². The second kappa shape index (κ2) is 28.5. The van der Waals surface area contributed by atoms with Crippen LogP contribution in [0.4, 0.5) is 0 Å². The van der Waals surface area contributed by atoms with E-state index in [1.54, 1.807) is 12.1 Å². The first-order valence-corrected chi connectivity index (χ1v) is 24.3. The molecule has 0 aliphatic carbocycles. The van der Waals surface area contributed by atoms with Crippen molar-refractivity contribution in [2.45, 2.75) is 216 Å². The molecule has 0 unspecified atom stereocenters. The van der Waals surface area contributed by atoms with E-state index >= 15 is 0 Å². The maximum atomic E-state index is 12.2. The molecule has 0 atom stereocenters. The van der Waals surface area contributed by atoms with Gasteiger partial charge in [0, 0.05) is 0 Å². The SMILES string of the molecule is CCCCCCCCCCCCCCCCc1cc(Oc2ccc(S(=O)(=O)O)c(CCCCCCCCCCCCCCCC)c2)ccc1S(=O)(=O)O. The van der Waals surface area contributed by atoms with E-state index in [1.165, 1.54) is 166 Å². The number of ether oxygens (including phenoxy) is 1. The molecule has 9 heteroatoms. The molecule has 0 aromatic heterocycles. The molecule has 2 N–H and O–H groups in total.